The molecular weight excluding hydrogens is 238 g/mol. The first-order chi connectivity index (χ1) is 9.10. The van der Waals surface area contributed by atoms with Gasteiger partial charge >= 0.3 is 0 Å². The molecule has 1 atom stereocenters. The van der Waals surface area contributed by atoms with Crippen LogP contribution in [0, 0.1) is 25.2 Å². The van der Waals surface area contributed by atoms with Gasteiger partial charge in [-0.1, -0.05) is 0 Å². The minimum Gasteiger partial charge on any atom is -0.466 e. The second kappa shape index (κ2) is 5.68. The summed E-state index contributed by atoms with van der Waals surface area (Å²) in [5.74, 6) is 1.88. The van der Waals surface area contributed by atoms with Gasteiger partial charge in [0.05, 0.1) is 0 Å². The van der Waals surface area contributed by atoms with Crippen LogP contribution in [-0.4, -0.2) is 4.98 Å². The van der Waals surface area contributed by atoms with Crippen molar-refractivity contribution in [2.45, 2.75) is 33.4 Å². The molecule has 4 nitrogen and oxygen atoms in total. The summed E-state index contributed by atoms with van der Waals surface area (Å²) in [7, 11) is 0. The van der Waals surface area contributed by atoms with Crippen molar-refractivity contribution in [1.82, 2.24) is 10.3 Å². The molecule has 2 aromatic heterocycles. The fourth-order valence-corrected chi connectivity index (χ4v) is 2.11. The van der Waals surface area contributed by atoms with Crippen molar-refractivity contribution in [3.05, 3.63) is 52.7 Å². The van der Waals surface area contributed by atoms with E-state index in [1.54, 1.807) is 12.3 Å². The highest BCUT2D eigenvalue weighted by atomic mass is 16.3. The van der Waals surface area contributed by atoms with E-state index >= 15 is 0 Å². The summed E-state index contributed by atoms with van der Waals surface area (Å²) in [6.07, 6.45) is 1.66. The Labute approximate surface area is 113 Å². The number of pyridine rings is 1. The predicted molar refractivity (Wildman–Crippen MR) is 72.4 cm³/mol. The summed E-state index contributed by atoms with van der Waals surface area (Å²) < 4.78 is 5.53. The highest BCUT2D eigenvalue weighted by Crippen LogP contribution is 2.21. The smallest absolute Gasteiger partial charge is 0.140 e. The van der Waals surface area contributed by atoms with Crippen molar-refractivity contribution in [3.63, 3.8) is 0 Å². The average Bonchev–Trinajstić information content (AvgIpc) is 2.75. The molecule has 2 heterocycles. The van der Waals surface area contributed by atoms with Gasteiger partial charge in [-0.3, -0.25) is 0 Å². The van der Waals surface area contributed by atoms with Crippen LogP contribution in [0.4, 0.5) is 0 Å². The van der Waals surface area contributed by atoms with Crippen LogP contribution in [0.15, 0.2) is 28.8 Å². The minimum atomic E-state index is 0.205. The molecule has 0 spiro atoms. The molecule has 0 aliphatic carbocycles. The average molecular weight is 255 g/mol. The van der Waals surface area contributed by atoms with Crippen LogP contribution < -0.4 is 5.32 Å². The number of hydrogen-bond donors (Lipinski definition) is 1. The van der Waals surface area contributed by atoms with E-state index < -0.39 is 0 Å². The number of nitrogens with one attached hydrogen (secondary N) is 1. The van der Waals surface area contributed by atoms with Crippen LogP contribution in [-0.2, 0) is 6.54 Å². The zero-order valence-electron chi connectivity index (χ0n) is 11.4. The molecule has 1 unspecified atom stereocenters. The van der Waals surface area contributed by atoms with Gasteiger partial charge in [0.2, 0.25) is 0 Å². The first kappa shape index (κ1) is 13.3. The van der Waals surface area contributed by atoms with Gasteiger partial charge in [-0.15, -0.1) is 0 Å². The molecule has 4 heteroatoms. The maximum atomic E-state index is 8.81. The van der Waals surface area contributed by atoms with E-state index in [0.717, 1.165) is 17.1 Å². The Morgan fingerprint density at radius 3 is 2.84 bits per heavy atom. The lowest BCUT2D eigenvalue weighted by atomic mass is 10.1. The standard InChI is InChI=1S/C15H17N3O/c1-10-6-15(12(3)19-10)11(2)18-9-13-4-5-17-14(7-13)8-16/h4-7,11,18H,9H2,1-3H3. The molecular formula is C15H17N3O. The Hall–Kier alpha value is -2.12. The zero-order chi connectivity index (χ0) is 13.8. The molecule has 0 bridgehead atoms. The van der Waals surface area contributed by atoms with Gasteiger partial charge in [-0.05, 0) is 44.5 Å². The highest BCUT2D eigenvalue weighted by molar-refractivity contribution is 5.26. The quantitative estimate of drug-likeness (QED) is 0.912. The largest absolute Gasteiger partial charge is 0.466 e. The van der Waals surface area contributed by atoms with Crippen LogP contribution in [0.3, 0.4) is 0 Å². The van der Waals surface area contributed by atoms with Gasteiger partial charge in [0.1, 0.15) is 23.3 Å². The molecule has 19 heavy (non-hydrogen) atoms. The number of furan rings is 1. The van der Waals surface area contributed by atoms with Gasteiger partial charge in [0.15, 0.2) is 0 Å². The van der Waals surface area contributed by atoms with E-state index in [0.29, 0.717) is 12.2 Å². The van der Waals surface area contributed by atoms with Crippen LogP contribution in [0.1, 0.15) is 41.3 Å². The molecule has 2 aromatic rings. The SMILES string of the molecule is Cc1cc(C(C)NCc2ccnc(C#N)c2)c(C)o1. The molecule has 1 N–H and O–H groups in total. The van der Waals surface area contributed by atoms with Crippen molar-refractivity contribution < 1.29 is 4.42 Å². The van der Waals surface area contributed by atoms with E-state index in [-0.39, 0.29) is 6.04 Å². The number of rotatable bonds is 4. The molecule has 0 aliphatic heterocycles. The monoisotopic (exact) mass is 255 g/mol. The maximum absolute atomic E-state index is 8.81. The highest BCUT2D eigenvalue weighted by Gasteiger charge is 2.12. The number of nitriles is 1. The fourth-order valence-electron chi connectivity index (χ4n) is 2.11. The summed E-state index contributed by atoms with van der Waals surface area (Å²) in [6.45, 7) is 6.72. The first-order valence-electron chi connectivity index (χ1n) is 6.25. The second-order valence-electron chi connectivity index (χ2n) is 4.63. The van der Waals surface area contributed by atoms with Crippen molar-refractivity contribution in [3.8, 4) is 6.07 Å². The summed E-state index contributed by atoms with van der Waals surface area (Å²) in [6, 6.07) is 8.02. The van der Waals surface area contributed by atoms with Gasteiger partial charge in [-0.2, -0.15) is 5.26 Å². The third-order valence-corrected chi connectivity index (χ3v) is 3.10. The molecule has 0 radical (unpaired) electrons. The Balaban J connectivity index is 2.02. The molecule has 2 rings (SSSR count). The Bertz CT molecular complexity index is 610. The van der Waals surface area contributed by atoms with Crippen molar-refractivity contribution >= 4 is 0 Å². The number of hydrogen-bond acceptors (Lipinski definition) is 4. The molecule has 0 aromatic carbocycles. The number of aryl methyl sites for hydroxylation is 2. The van der Waals surface area contributed by atoms with Crippen molar-refractivity contribution in [2.75, 3.05) is 0 Å². The summed E-state index contributed by atoms with van der Waals surface area (Å²) in [5, 5.41) is 12.2. The van der Waals surface area contributed by atoms with Crippen molar-refractivity contribution in [1.29, 1.82) is 5.26 Å². The van der Waals surface area contributed by atoms with Crippen molar-refractivity contribution in [2.24, 2.45) is 0 Å². The lowest BCUT2D eigenvalue weighted by Crippen LogP contribution is -2.18. The lowest BCUT2D eigenvalue weighted by Gasteiger charge is -2.13. The van der Waals surface area contributed by atoms with Gasteiger partial charge < -0.3 is 9.73 Å². The minimum absolute atomic E-state index is 0.205. The van der Waals surface area contributed by atoms with E-state index in [2.05, 4.69) is 23.3 Å². The normalized spacial score (nSPS) is 12.1. The summed E-state index contributed by atoms with van der Waals surface area (Å²) in [5.41, 5.74) is 2.67. The summed E-state index contributed by atoms with van der Waals surface area (Å²) >= 11 is 0. The van der Waals surface area contributed by atoms with E-state index in [9.17, 15) is 0 Å². The molecule has 98 valence electrons. The Morgan fingerprint density at radius 2 is 2.21 bits per heavy atom. The van der Waals surface area contributed by atoms with Gasteiger partial charge in [0, 0.05) is 24.3 Å². The third kappa shape index (κ3) is 3.21. The third-order valence-electron chi connectivity index (χ3n) is 3.10. The second-order valence-corrected chi connectivity index (χ2v) is 4.63. The fraction of sp³-hybridized carbons (Fsp3) is 0.333. The predicted octanol–water partition coefficient (Wildman–Crippen LogP) is 3.01. The lowest BCUT2D eigenvalue weighted by molar-refractivity contribution is 0.489. The van der Waals surface area contributed by atoms with Gasteiger partial charge in [0.25, 0.3) is 0 Å². The molecule has 0 aliphatic rings. The number of nitrogens with zero attached hydrogens (tertiary/aromatic N) is 2. The Morgan fingerprint density at radius 1 is 1.42 bits per heavy atom. The summed E-state index contributed by atoms with van der Waals surface area (Å²) in [4.78, 5) is 3.96. The van der Waals surface area contributed by atoms with E-state index in [4.69, 9.17) is 9.68 Å². The van der Waals surface area contributed by atoms with Crippen LogP contribution in [0.25, 0.3) is 0 Å². The number of aromatic nitrogens is 1. The topological polar surface area (TPSA) is 61.9 Å². The zero-order valence-corrected chi connectivity index (χ0v) is 11.4. The van der Waals surface area contributed by atoms with Gasteiger partial charge in [-0.25, -0.2) is 4.98 Å². The van der Waals surface area contributed by atoms with Crippen LogP contribution in [0.5, 0.6) is 0 Å². The molecule has 0 amide bonds. The molecule has 0 fully saturated rings. The Kier molecular flexibility index (Phi) is 3.98. The molecule has 0 saturated heterocycles. The van der Waals surface area contributed by atoms with E-state index in [1.165, 1.54) is 5.56 Å². The molecule has 0 saturated carbocycles. The van der Waals surface area contributed by atoms with E-state index in [1.807, 2.05) is 26.0 Å². The van der Waals surface area contributed by atoms with Crippen LogP contribution in [0.2, 0.25) is 0 Å². The maximum Gasteiger partial charge on any atom is 0.140 e. The first-order valence-corrected chi connectivity index (χ1v) is 6.25. The van der Waals surface area contributed by atoms with Crippen LogP contribution >= 0.6 is 0 Å².